The minimum atomic E-state index is -4.49. The number of hydrogen-bond acceptors (Lipinski definition) is 5. The zero-order chi connectivity index (χ0) is 28.2. The van der Waals surface area contributed by atoms with Crippen molar-refractivity contribution in [3.8, 4) is 22.6 Å². The number of fused-ring (bicyclic) bond motifs is 1. The molecular formula is C31H32F3NO4. The number of unbranched alkanes of at least 4 members (excludes halogenated alkanes) is 1. The molecule has 0 saturated carbocycles. The molecule has 0 bridgehead atoms. The molecule has 8 heteroatoms. The van der Waals surface area contributed by atoms with Crippen molar-refractivity contribution < 1.29 is 27.4 Å². The molecule has 4 aromatic rings. The molecule has 0 saturated heterocycles. The van der Waals surface area contributed by atoms with Gasteiger partial charge in [0.1, 0.15) is 23.7 Å². The van der Waals surface area contributed by atoms with Crippen LogP contribution in [0.2, 0.25) is 0 Å². The molecule has 0 unspecified atom stereocenters. The van der Waals surface area contributed by atoms with Gasteiger partial charge in [-0.1, -0.05) is 37.6 Å². The summed E-state index contributed by atoms with van der Waals surface area (Å²) in [5, 5.41) is 10.8. The molecule has 0 amide bonds. The van der Waals surface area contributed by atoms with Crippen LogP contribution in [0.1, 0.15) is 42.0 Å². The molecule has 1 heterocycles. The summed E-state index contributed by atoms with van der Waals surface area (Å²) in [5.41, 5.74) is 1.19. The Morgan fingerprint density at radius 2 is 1.67 bits per heavy atom. The van der Waals surface area contributed by atoms with Gasteiger partial charge >= 0.3 is 11.8 Å². The van der Waals surface area contributed by atoms with E-state index in [0.29, 0.717) is 35.1 Å². The maximum atomic E-state index is 13.2. The molecule has 3 aromatic carbocycles. The third-order valence-electron chi connectivity index (χ3n) is 6.84. The Bertz CT molecular complexity index is 1480. The van der Waals surface area contributed by atoms with E-state index in [4.69, 9.17) is 9.15 Å². The Balaban J connectivity index is 1.66. The van der Waals surface area contributed by atoms with Crippen LogP contribution in [0.3, 0.4) is 0 Å². The molecule has 5 nitrogen and oxygen atoms in total. The normalized spacial score (nSPS) is 11.9. The molecule has 0 radical (unpaired) electrons. The average molecular weight is 540 g/mol. The lowest BCUT2D eigenvalue weighted by atomic mass is 9.92. The molecular weight excluding hydrogens is 507 g/mol. The molecule has 1 aromatic heterocycles. The van der Waals surface area contributed by atoms with Gasteiger partial charge in [-0.15, -0.1) is 0 Å². The van der Waals surface area contributed by atoms with E-state index < -0.39 is 17.4 Å². The van der Waals surface area contributed by atoms with Gasteiger partial charge in [0.25, 0.3) is 0 Å². The van der Waals surface area contributed by atoms with Crippen LogP contribution in [-0.4, -0.2) is 36.8 Å². The second kappa shape index (κ2) is 11.9. The number of ether oxygens (including phenoxy) is 1. The fourth-order valence-electron chi connectivity index (χ4n) is 4.52. The molecule has 0 atom stereocenters. The van der Waals surface area contributed by atoms with Crippen LogP contribution in [-0.2, 0) is 12.6 Å². The van der Waals surface area contributed by atoms with Gasteiger partial charge in [0, 0.05) is 17.5 Å². The summed E-state index contributed by atoms with van der Waals surface area (Å²) in [6.45, 7) is 6.21. The number of nitrogens with zero attached hydrogens (tertiary/aromatic N) is 1. The molecule has 39 heavy (non-hydrogen) atoms. The lowest BCUT2D eigenvalue weighted by Gasteiger charge is -2.17. The molecule has 4 rings (SSSR count). The van der Waals surface area contributed by atoms with E-state index in [9.17, 15) is 23.1 Å². The van der Waals surface area contributed by atoms with Gasteiger partial charge in [-0.25, -0.2) is 4.79 Å². The minimum Gasteiger partial charge on any atom is -0.508 e. The zero-order valence-electron chi connectivity index (χ0n) is 22.3. The monoisotopic (exact) mass is 539 g/mol. The highest BCUT2D eigenvalue weighted by Gasteiger charge is 2.30. The summed E-state index contributed by atoms with van der Waals surface area (Å²) in [5.74, 6) is 0.713. The minimum absolute atomic E-state index is 0.0132. The standard InChI is InChI=1S/C31H32F3NO4/c1-4-5-16-35(3)17-18-38-24-12-6-21(7-13-24)19-26-25-14-15-27(36)20(2)29(25)39-30(37)28(26)22-8-10-23(11-9-22)31(32,33)34/h6-15,36H,4-5,16-19H2,1-3H3. The van der Waals surface area contributed by atoms with Crippen LogP contribution in [0.25, 0.3) is 22.1 Å². The Labute approximate surface area is 225 Å². The van der Waals surface area contributed by atoms with Crippen molar-refractivity contribution >= 4 is 11.0 Å². The average Bonchev–Trinajstić information content (AvgIpc) is 2.90. The van der Waals surface area contributed by atoms with Crippen molar-refractivity contribution in [2.24, 2.45) is 0 Å². The van der Waals surface area contributed by atoms with Crippen LogP contribution in [0, 0.1) is 6.92 Å². The Morgan fingerprint density at radius 1 is 0.974 bits per heavy atom. The highest BCUT2D eigenvalue weighted by Crippen LogP contribution is 2.35. The van der Waals surface area contributed by atoms with Gasteiger partial charge in [-0.05, 0) is 86.4 Å². The smallest absolute Gasteiger partial charge is 0.416 e. The molecule has 0 aliphatic heterocycles. The number of halogens is 3. The van der Waals surface area contributed by atoms with Gasteiger partial charge < -0.3 is 19.2 Å². The first-order chi connectivity index (χ1) is 18.6. The van der Waals surface area contributed by atoms with Crippen molar-refractivity contribution in [1.82, 2.24) is 4.90 Å². The summed E-state index contributed by atoms with van der Waals surface area (Å²) in [6, 6.07) is 15.2. The van der Waals surface area contributed by atoms with Crippen molar-refractivity contribution in [1.29, 1.82) is 0 Å². The number of hydrogen-bond donors (Lipinski definition) is 1. The topological polar surface area (TPSA) is 62.9 Å². The van der Waals surface area contributed by atoms with E-state index in [-0.39, 0.29) is 16.9 Å². The maximum Gasteiger partial charge on any atom is 0.416 e. The van der Waals surface area contributed by atoms with E-state index in [2.05, 4.69) is 18.9 Å². The van der Waals surface area contributed by atoms with Crippen molar-refractivity contribution in [2.45, 2.75) is 39.3 Å². The van der Waals surface area contributed by atoms with E-state index in [1.54, 1.807) is 13.0 Å². The Morgan fingerprint density at radius 3 is 2.31 bits per heavy atom. The number of alkyl halides is 3. The Hall–Kier alpha value is -3.78. The van der Waals surface area contributed by atoms with Gasteiger partial charge in [0.05, 0.1) is 11.1 Å². The van der Waals surface area contributed by atoms with Crippen LogP contribution in [0.4, 0.5) is 13.2 Å². The fraction of sp³-hybridized carbons (Fsp3) is 0.323. The summed E-state index contributed by atoms with van der Waals surface area (Å²) in [4.78, 5) is 15.4. The molecule has 0 aliphatic carbocycles. The van der Waals surface area contributed by atoms with E-state index in [1.165, 1.54) is 18.2 Å². The van der Waals surface area contributed by atoms with Gasteiger partial charge in [0.15, 0.2) is 0 Å². The summed E-state index contributed by atoms with van der Waals surface area (Å²) in [7, 11) is 2.07. The van der Waals surface area contributed by atoms with Gasteiger partial charge in [0.2, 0.25) is 0 Å². The lowest BCUT2D eigenvalue weighted by Crippen LogP contribution is -2.25. The first kappa shape index (κ1) is 28.2. The number of aromatic hydroxyl groups is 1. The molecule has 0 spiro atoms. The highest BCUT2D eigenvalue weighted by atomic mass is 19.4. The second-order valence-electron chi connectivity index (χ2n) is 9.73. The molecule has 0 fully saturated rings. The number of likely N-dealkylation sites (N-methyl/N-ethyl adjacent to an activating group) is 1. The van der Waals surface area contributed by atoms with Crippen molar-refractivity contribution in [2.75, 3.05) is 26.7 Å². The fourth-order valence-corrected chi connectivity index (χ4v) is 4.52. The summed E-state index contributed by atoms with van der Waals surface area (Å²) >= 11 is 0. The first-order valence-electron chi connectivity index (χ1n) is 12.9. The number of rotatable bonds is 10. The second-order valence-corrected chi connectivity index (χ2v) is 9.73. The Kier molecular flexibility index (Phi) is 8.65. The molecule has 206 valence electrons. The maximum absolute atomic E-state index is 13.2. The van der Waals surface area contributed by atoms with E-state index in [1.807, 2.05) is 24.3 Å². The summed E-state index contributed by atoms with van der Waals surface area (Å²) in [6.07, 6.45) is -1.88. The van der Waals surface area contributed by atoms with E-state index >= 15 is 0 Å². The first-order valence-corrected chi connectivity index (χ1v) is 12.9. The number of benzene rings is 3. The predicted octanol–water partition coefficient (Wildman–Crippen LogP) is 7.19. The lowest BCUT2D eigenvalue weighted by molar-refractivity contribution is -0.137. The van der Waals surface area contributed by atoms with Crippen molar-refractivity contribution in [3.05, 3.63) is 93.3 Å². The molecule has 1 N–H and O–H groups in total. The van der Waals surface area contributed by atoms with Crippen LogP contribution in [0.5, 0.6) is 11.5 Å². The van der Waals surface area contributed by atoms with Gasteiger partial charge in [-0.3, -0.25) is 0 Å². The van der Waals surface area contributed by atoms with Crippen LogP contribution in [0.15, 0.2) is 69.9 Å². The zero-order valence-corrected chi connectivity index (χ0v) is 22.3. The third kappa shape index (κ3) is 6.63. The van der Waals surface area contributed by atoms with Crippen LogP contribution >= 0.6 is 0 Å². The largest absolute Gasteiger partial charge is 0.508 e. The van der Waals surface area contributed by atoms with Crippen LogP contribution < -0.4 is 10.4 Å². The van der Waals surface area contributed by atoms with E-state index in [0.717, 1.165) is 49.4 Å². The SMILES string of the molecule is CCCCN(C)CCOc1ccc(Cc2c(-c3ccc(C(F)(F)F)cc3)c(=O)oc3c(C)c(O)ccc23)cc1. The number of aryl methyl sites for hydroxylation is 1. The summed E-state index contributed by atoms with van der Waals surface area (Å²) < 4.78 is 50.9. The highest BCUT2D eigenvalue weighted by molar-refractivity contribution is 5.90. The number of phenolic OH excluding ortho intramolecular Hbond substituents is 1. The number of phenols is 1. The van der Waals surface area contributed by atoms with Gasteiger partial charge in [-0.2, -0.15) is 13.2 Å². The van der Waals surface area contributed by atoms with Crippen molar-refractivity contribution in [3.63, 3.8) is 0 Å². The quantitative estimate of drug-likeness (QED) is 0.216. The predicted molar refractivity (Wildman–Crippen MR) is 146 cm³/mol. The third-order valence-corrected chi connectivity index (χ3v) is 6.84. The molecule has 0 aliphatic rings.